The number of carbonyl (C=O) groups is 1. The van der Waals surface area contributed by atoms with Crippen LogP contribution in [0.2, 0.25) is 5.02 Å². The Morgan fingerprint density at radius 3 is 2.87 bits per heavy atom. The first-order valence-electron chi connectivity index (χ1n) is 7.29. The first-order chi connectivity index (χ1) is 10.9. The Balaban J connectivity index is 2.18. The number of amides is 1. The van der Waals surface area contributed by atoms with Gasteiger partial charge in [-0.25, -0.2) is 12.8 Å². The topological polar surface area (TPSA) is 92.5 Å². The van der Waals surface area contributed by atoms with Gasteiger partial charge in [0.2, 0.25) is 15.9 Å². The van der Waals surface area contributed by atoms with Gasteiger partial charge in [-0.15, -0.1) is 0 Å². The number of halogens is 2. The van der Waals surface area contributed by atoms with Gasteiger partial charge in [-0.1, -0.05) is 11.6 Å². The monoisotopic (exact) mass is 363 g/mol. The van der Waals surface area contributed by atoms with Gasteiger partial charge in [0.05, 0.1) is 5.92 Å². The van der Waals surface area contributed by atoms with E-state index in [9.17, 15) is 17.6 Å². The highest BCUT2D eigenvalue weighted by atomic mass is 35.5. The third kappa shape index (κ3) is 4.20. The molecule has 1 unspecified atom stereocenters. The number of nitrogens with zero attached hydrogens (tertiary/aromatic N) is 1. The number of sulfonamides is 1. The maximum atomic E-state index is 13.9. The summed E-state index contributed by atoms with van der Waals surface area (Å²) in [6.45, 7) is 0.941. The SMILES string of the molecule is NCCNC(=O)C1CCCN(S(=O)(=O)c2ccc(Cl)cc2F)C1. The molecular weight excluding hydrogens is 345 g/mol. The second-order valence-electron chi connectivity index (χ2n) is 5.36. The summed E-state index contributed by atoms with van der Waals surface area (Å²) >= 11 is 5.65. The van der Waals surface area contributed by atoms with E-state index < -0.39 is 26.7 Å². The zero-order valence-electron chi connectivity index (χ0n) is 12.5. The highest BCUT2D eigenvalue weighted by molar-refractivity contribution is 7.89. The van der Waals surface area contributed by atoms with Gasteiger partial charge in [0.25, 0.3) is 0 Å². The summed E-state index contributed by atoms with van der Waals surface area (Å²) in [5, 5.41) is 2.78. The fraction of sp³-hybridized carbons (Fsp3) is 0.500. The molecule has 1 aliphatic heterocycles. The molecule has 1 aliphatic rings. The molecule has 128 valence electrons. The minimum absolute atomic E-state index is 0.0286. The second-order valence-corrected chi connectivity index (χ2v) is 7.70. The van der Waals surface area contributed by atoms with Crippen LogP contribution in [0.4, 0.5) is 4.39 Å². The lowest BCUT2D eigenvalue weighted by atomic mass is 9.99. The molecule has 3 N–H and O–H groups in total. The molecule has 1 aromatic carbocycles. The highest BCUT2D eigenvalue weighted by Gasteiger charge is 2.34. The molecule has 23 heavy (non-hydrogen) atoms. The Kier molecular flexibility index (Phi) is 5.96. The Morgan fingerprint density at radius 1 is 1.48 bits per heavy atom. The lowest BCUT2D eigenvalue weighted by Crippen LogP contribution is -2.46. The first-order valence-corrected chi connectivity index (χ1v) is 9.11. The summed E-state index contributed by atoms with van der Waals surface area (Å²) in [7, 11) is -4.00. The van der Waals surface area contributed by atoms with Gasteiger partial charge in [0.1, 0.15) is 10.7 Å². The molecule has 1 amide bonds. The Labute approximate surface area is 139 Å². The molecule has 2 rings (SSSR count). The maximum Gasteiger partial charge on any atom is 0.246 e. The smallest absolute Gasteiger partial charge is 0.246 e. The van der Waals surface area contributed by atoms with Gasteiger partial charge in [-0.3, -0.25) is 4.79 Å². The van der Waals surface area contributed by atoms with E-state index in [1.54, 1.807) is 0 Å². The van der Waals surface area contributed by atoms with Crippen LogP contribution in [-0.4, -0.2) is 44.8 Å². The second kappa shape index (κ2) is 7.57. The van der Waals surface area contributed by atoms with Gasteiger partial charge in [-0.2, -0.15) is 4.31 Å². The van der Waals surface area contributed by atoms with Crippen LogP contribution >= 0.6 is 11.6 Å². The number of nitrogens with two attached hydrogens (primary N) is 1. The van der Waals surface area contributed by atoms with E-state index in [-0.39, 0.29) is 24.0 Å². The molecule has 1 heterocycles. The van der Waals surface area contributed by atoms with E-state index >= 15 is 0 Å². The standard InChI is InChI=1S/C14H19ClFN3O3S/c15-11-3-4-13(12(16)8-11)23(21,22)19-7-1-2-10(9-19)14(20)18-6-5-17/h3-4,8,10H,1-2,5-7,9,17H2,(H,18,20). The molecule has 0 spiro atoms. The van der Waals surface area contributed by atoms with Crippen molar-refractivity contribution in [3.05, 3.63) is 29.0 Å². The summed E-state index contributed by atoms with van der Waals surface area (Å²) in [5.74, 6) is -1.58. The van der Waals surface area contributed by atoms with Crippen LogP contribution in [0.1, 0.15) is 12.8 Å². The Hall–Kier alpha value is -1.22. The average Bonchev–Trinajstić information content (AvgIpc) is 2.52. The average molecular weight is 364 g/mol. The number of benzene rings is 1. The van der Waals surface area contributed by atoms with Crippen molar-refractivity contribution in [1.82, 2.24) is 9.62 Å². The summed E-state index contributed by atoms with van der Waals surface area (Å²) in [6, 6.07) is 3.43. The predicted molar refractivity (Wildman–Crippen MR) is 85.0 cm³/mol. The molecule has 6 nitrogen and oxygen atoms in total. The van der Waals surface area contributed by atoms with Crippen molar-refractivity contribution in [3.8, 4) is 0 Å². The van der Waals surface area contributed by atoms with Crippen LogP contribution in [-0.2, 0) is 14.8 Å². The van der Waals surface area contributed by atoms with E-state index in [2.05, 4.69) is 5.32 Å². The van der Waals surface area contributed by atoms with E-state index in [1.165, 1.54) is 6.07 Å². The van der Waals surface area contributed by atoms with Gasteiger partial charge >= 0.3 is 0 Å². The Bertz CT molecular complexity index is 684. The van der Waals surface area contributed by atoms with Gasteiger partial charge < -0.3 is 11.1 Å². The molecule has 0 aliphatic carbocycles. The third-order valence-corrected chi connectivity index (χ3v) is 5.84. The van der Waals surface area contributed by atoms with Crippen molar-refractivity contribution in [1.29, 1.82) is 0 Å². The third-order valence-electron chi connectivity index (χ3n) is 3.71. The van der Waals surface area contributed by atoms with Crippen LogP contribution in [0.15, 0.2) is 23.1 Å². The van der Waals surface area contributed by atoms with Crippen LogP contribution in [0, 0.1) is 11.7 Å². The number of carbonyl (C=O) groups excluding carboxylic acids is 1. The molecule has 0 radical (unpaired) electrons. The predicted octanol–water partition coefficient (Wildman–Crippen LogP) is 0.955. The van der Waals surface area contributed by atoms with Crippen molar-refractivity contribution in [3.63, 3.8) is 0 Å². The van der Waals surface area contributed by atoms with Crippen molar-refractivity contribution >= 4 is 27.5 Å². The largest absolute Gasteiger partial charge is 0.355 e. The maximum absolute atomic E-state index is 13.9. The number of hydrogen-bond acceptors (Lipinski definition) is 4. The molecule has 0 aromatic heterocycles. The number of hydrogen-bond donors (Lipinski definition) is 2. The molecule has 1 atom stereocenters. The normalized spacial score (nSPS) is 19.5. The minimum Gasteiger partial charge on any atom is -0.355 e. The van der Waals surface area contributed by atoms with E-state index in [0.717, 1.165) is 16.4 Å². The quantitative estimate of drug-likeness (QED) is 0.814. The first kappa shape index (κ1) is 18.1. The molecule has 1 fully saturated rings. The molecule has 0 bridgehead atoms. The highest BCUT2D eigenvalue weighted by Crippen LogP contribution is 2.26. The van der Waals surface area contributed by atoms with Gasteiger partial charge in [-0.05, 0) is 31.0 Å². The van der Waals surface area contributed by atoms with E-state index in [1.807, 2.05) is 0 Å². The van der Waals surface area contributed by atoms with Crippen LogP contribution in [0.25, 0.3) is 0 Å². The summed E-state index contributed by atoms with van der Waals surface area (Å²) < 4.78 is 40.3. The van der Waals surface area contributed by atoms with E-state index in [0.29, 0.717) is 25.9 Å². The lowest BCUT2D eigenvalue weighted by Gasteiger charge is -2.31. The summed E-state index contributed by atoms with van der Waals surface area (Å²) in [4.78, 5) is 11.6. The van der Waals surface area contributed by atoms with Gasteiger partial charge in [0, 0.05) is 31.2 Å². The molecule has 1 aromatic rings. The van der Waals surface area contributed by atoms with Crippen molar-refractivity contribution < 1.29 is 17.6 Å². The number of piperidine rings is 1. The van der Waals surface area contributed by atoms with Crippen LogP contribution < -0.4 is 11.1 Å². The number of nitrogens with one attached hydrogen (secondary N) is 1. The number of rotatable bonds is 5. The van der Waals surface area contributed by atoms with Crippen LogP contribution in [0.5, 0.6) is 0 Å². The van der Waals surface area contributed by atoms with E-state index in [4.69, 9.17) is 17.3 Å². The fourth-order valence-electron chi connectivity index (χ4n) is 2.54. The van der Waals surface area contributed by atoms with Crippen molar-refractivity contribution in [2.75, 3.05) is 26.2 Å². The zero-order chi connectivity index (χ0) is 17.0. The van der Waals surface area contributed by atoms with Crippen molar-refractivity contribution in [2.45, 2.75) is 17.7 Å². The summed E-state index contributed by atoms with van der Waals surface area (Å²) in [5.41, 5.74) is 5.33. The molecule has 9 heteroatoms. The fourth-order valence-corrected chi connectivity index (χ4v) is 4.27. The zero-order valence-corrected chi connectivity index (χ0v) is 14.0. The minimum atomic E-state index is -4.00. The molecular formula is C14H19ClFN3O3S. The Morgan fingerprint density at radius 2 is 2.22 bits per heavy atom. The van der Waals surface area contributed by atoms with Gasteiger partial charge in [0.15, 0.2) is 0 Å². The lowest BCUT2D eigenvalue weighted by molar-refractivity contribution is -0.126. The molecule has 1 saturated heterocycles. The van der Waals surface area contributed by atoms with Crippen LogP contribution in [0.3, 0.4) is 0 Å². The molecule has 0 saturated carbocycles. The summed E-state index contributed by atoms with van der Waals surface area (Å²) in [6.07, 6.45) is 1.13. The van der Waals surface area contributed by atoms with Crippen molar-refractivity contribution in [2.24, 2.45) is 11.7 Å².